The molecule has 0 saturated heterocycles. The van der Waals surface area contributed by atoms with Gasteiger partial charge < -0.3 is 0 Å². The van der Waals surface area contributed by atoms with Gasteiger partial charge in [-0.15, -0.1) is 0 Å². The van der Waals surface area contributed by atoms with E-state index in [2.05, 4.69) is 162 Å². The summed E-state index contributed by atoms with van der Waals surface area (Å²) in [6, 6.07) is 57.0. The average molecular weight is 664 g/mol. The maximum absolute atomic E-state index is 5.20. The molecule has 242 valence electrons. The first-order valence-corrected chi connectivity index (χ1v) is 17.3. The number of fused-ring (bicyclic) bond motifs is 4. The van der Waals surface area contributed by atoms with Gasteiger partial charge in [0.2, 0.25) is 0 Å². The Morgan fingerprint density at radius 1 is 0.288 bits per heavy atom. The average Bonchev–Trinajstić information content (AvgIpc) is 3.22. The molecule has 0 fully saturated rings. The fourth-order valence-corrected chi connectivity index (χ4v) is 7.13. The predicted molar refractivity (Wildman–Crippen MR) is 213 cm³/mol. The van der Waals surface area contributed by atoms with Crippen molar-refractivity contribution in [1.29, 1.82) is 0 Å². The number of rotatable bonds is 5. The zero-order valence-corrected chi connectivity index (χ0v) is 28.0. The lowest BCUT2D eigenvalue weighted by atomic mass is 9.96. The van der Waals surface area contributed by atoms with Crippen LogP contribution in [0.5, 0.6) is 0 Å². The number of hydrogen-bond acceptors (Lipinski definition) is 5. The summed E-state index contributed by atoms with van der Waals surface area (Å²) in [6.07, 6.45) is 3.65. The van der Waals surface area contributed by atoms with Gasteiger partial charge >= 0.3 is 0 Å². The maximum Gasteiger partial charge on any atom is 0.165 e. The highest BCUT2D eigenvalue weighted by Crippen LogP contribution is 2.37. The molecule has 0 unspecified atom stereocenters. The number of aromatic nitrogens is 5. The van der Waals surface area contributed by atoms with Crippen molar-refractivity contribution in [2.75, 3.05) is 0 Å². The molecule has 5 heteroatoms. The SMILES string of the molecule is c1cnc2ccc(-c3ccc(-c4nc(-c5ccc(-c6ccc7ncccc7c6)cc5)nc(-c5c6ccccc6cc6ccccc56)n4)cc3)cc2c1. The van der Waals surface area contributed by atoms with Crippen LogP contribution in [0.4, 0.5) is 0 Å². The molecule has 10 rings (SSSR count). The smallest absolute Gasteiger partial charge is 0.165 e. The first-order chi connectivity index (χ1) is 25.7. The van der Waals surface area contributed by atoms with Crippen molar-refractivity contribution in [3.8, 4) is 56.4 Å². The topological polar surface area (TPSA) is 64.5 Å². The van der Waals surface area contributed by atoms with Gasteiger partial charge in [0.1, 0.15) is 0 Å². The van der Waals surface area contributed by atoms with E-state index in [9.17, 15) is 0 Å². The van der Waals surface area contributed by atoms with Crippen molar-refractivity contribution in [2.24, 2.45) is 0 Å². The molecule has 0 spiro atoms. The van der Waals surface area contributed by atoms with Gasteiger partial charge in [0.05, 0.1) is 11.0 Å². The zero-order chi connectivity index (χ0) is 34.4. The second-order valence-corrected chi connectivity index (χ2v) is 13.0. The van der Waals surface area contributed by atoms with E-state index in [-0.39, 0.29) is 0 Å². The largest absolute Gasteiger partial charge is 0.256 e. The predicted octanol–water partition coefficient (Wildman–Crippen LogP) is 11.6. The van der Waals surface area contributed by atoms with Gasteiger partial charge in [-0.1, -0.05) is 121 Å². The van der Waals surface area contributed by atoms with Gasteiger partial charge in [0.25, 0.3) is 0 Å². The van der Waals surface area contributed by atoms with Crippen LogP contribution in [-0.2, 0) is 0 Å². The summed E-state index contributed by atoms with van der Waals surface area (Å²) in [5, 5.41) is 6.72. The van der Waals surface area contributed by atoms with Crippen molar-refractivity contribution in [2.45, 2.75) is 0 Å². The van der Waals surface area contributed by atoms with Crippen LogP contribution in [0.15, 0.2) is 176 Å². The Morgan fingerprint density at radius 3 is 1.19 bits per heavy atom. The molecule has 0 atom stereocenters. The molecule has 7 aromatic carbocycles. The van der Waals surface area contributed by atoms with Crippen molar-refractivity contribution in [3.05, 3.63) is 176 Å². The first-order valence-electron chi connectivity index (χ1n) is 17.3. The maximum atomic E-state index is 5.20. The fraction of sp³-hybridized carbons (Fsp3) is 0. The quantitative estimate of drug-likeness (QED) is 0.171. The summed E-state index contributed by atoms with van der Waals surface area (Å²) in [5.41, 5.74) is 9.30. The Balaban J connectivity index is 1.11. The van der Waals surface area contributed by atoms with E-state index in [1.54, 1.807) is 0 Å². The van der Waals surface area contributed by atoms with Gasteiger partial charge in [-0.3, -0.25) is 9.97 Å². The van der Waals surface area contributed by atoms with Crippen LogP contribution in [0.3, 0.4) is 0 Å². The van der Waals surface area contributed by atoms with Gasteiger partial charge in [0.15, 0.2) is 17.5 Å². The molecule has 0 radical (unpaired) electrons. The standard InChI is InChI=1S/C47H29N5/c1-3-11-40-36(7-1)29-37-8-2-4-12-41(37)44(40)47-51-45(32-17-13-30(14-18-32)34-21-23-42-38(27-34)9-5-25-48-42)50-46(52-47)33-19-15-31(16-20-33)35-22-24-43-39(28-35)10-6-26-49-43/h1-29H. The molecule has 0 aliphatic carbocycles. The Morgan fingerprint density at radius 2 is 0.692 bits per heavy atom. The molecule has 0 amide bonds. The summed E-state index contributed by atoms with van der Waals surface area (Å²) < 4.78 is 0. The molecule has 0 saturated carbocycles. The minimum atomic E-state index is 0.623. The minimum absolute atomic E-state index is 0.623. The molecule has 3 heterocycles. The Bertz CT molecular complexity index is 2760. The van der Waals surface area contributed by atoms with Crippen LogP contribution in [-0.4, -0.2) is 24.9 Å². The van der Waals surface area contributed by atoms with Crippen molar-refractivity contribution >= 4 is 43.4 Å². The van der Waals surface area contributed by atoms with Gasteiger partial charge in [0, 0.05) is 39.9 Å². The number of hydrogen-bond donors (Lipinski definition) is 0. The van der Waals surface area contributed by atoms with Crippen LogP contribution in [0, 0.1) is 0 Å². The monoisotopic (exact) mass is 663 g/mol. The lowest BCUT2D eigenvalue weighted by Gasteiger charge is -2.13. The molecule has 0 N–H and O–H groups in total. The molecular formula is C47H29N5. The molecular weight excluding hydrogens is 635 g/mol. The number of benzene rings is 7. The Hall–Kier alpha value is -7.11. The van der Waals surface area contributed by atoms with E-state index in [1.165, 1.54) is 0 Å². The van der Waals surface area contributed by atoms with Crippen LogP contribution < -0.4 is 0 Å². The zero-order valence-electron chi connectivity index (χ0n) is 28.0. The van der Waals surface area contributed by atoms with E-state index in [1.807, 2.05) is 24.5 Å². The van der Waals surface area contributed by atoms with Crippen LogP contribution >= 0.6 is 0 Å². The molecule has 0 bridgehead atoms. The lowest BCUT2D eigenvalue weighted by Crippen LogP contribution is -2.01. The number of nitrogens with zero attached hydrogens (tertiary/aromatic N) is 5. The van der Waals surface area contributed by atoms with E-state index in [0.717, 1.165) is 82.3 Å². The fourth-order valence-electron chi connectivity index (χ4n) is 7.13. The van der Waals surface area contributed by atoms with Gasteiger partial charge in [-0.2, -0.15) is 0 Å². The normalized spacial score (nSPS) is 11.5. The summed E-state index contributed by atoms with van der Waals surface area (Å²) in [6.45, 7) is 0. The summed E-state index contributed by atoms with van der Waals surface area (Å²) in [4.78, 5) is 24.5. The number of pyridine rings is 2. The highest BCUT2D eigenvalue weighted by Gasteiger charge is 2.17. The summed E-state index contributed by atoms with van der Waals surface area (Å²) in [5.74, 6) is 1.89. The molecule has 5 nitrogen and oxygen atoms in total. The Labute approximate surface area is 300 Å². The van der Waals surface area contributed by atoms with E-state index < -0.39 is 0 Å². The molecule has 52 heavy (non-hydrogen) atoms. The highest BCUT2D eigenvalue weighted by atomic mass is 15.0. The van der Waals surface area contributed by atoms with Crippen molar-refractivity contribution in [1.82, 2.24) is 24.9 Å². The third kappa shape index (κ3) is 5.32. The van der Waals surface area contributed by atoms with Gasteiger partial charge in [-0.25, -0.2) is 15.0 Å². The summed E-state index contributed by atoms with van der Waals surface area (Å²) >= 11 is 0. The van der Waals surface area contributed by atoms with Crippen LogP contribution in [0.2, 0.25) is 0 Å². The second-order valence-electron chi connectivity index (χ2n) is 13.0. The minimum Gasteiger partial charge on any atom is -0.256 e. The van der Waals surface area contributed by atoms with E-state index in [0.29, 0.717) is 17.5 Å². The highest BCUT2D eigenvalue weighted by molar-refractivity contribution is 6.11. The lowest BCUT2D eigenvalue weighted by molar-refractivity contribution is 1.08. The van der Waals surface area contributed by atoms with Gasteiger partial charge in [-0.05, 0) is 86.3 Å². The van der Waals surface area contributed by atoms with E-state index in [4.69, 9.17) is 15.0 Å². The first kappa shape index (κ1) is 29.8. The molecule has 3 aromatic heterocycles. The molecule has 10 aromatic rings. The van der Waals surface area contributed by atoms with Crippen LogP contribution in [0.1, 0.15) is 0 Å². The van der Waals surface area contributed by atoms with Crippen molar-refractivity contribution < 1.29 is 0 Å². The third-order valence-corrected chi connectivity index (χ3v) is 9.79. The Kier molecular flexibility index (Phi) is 7.07. The molecule has 0 aliphatic rings. The second kappa shape index (κ2) is 12.3. The molecule has 0 aliphatic heterocycles. The summed E-state index contributed by atoms with van der Waals surface area (Å²) in [7, 11) is 0. The van der Waals surface area contributed by atoms with E-state index >= 15 is 0 Å². The third-order valence-electron chi connectivity index (χ3n) is 9.79. The van der Waals surface area contributed by atoms with Crippen LogP contribution in [0.25, 0.3) is 99.8 Å². The van der Waals surface area contributed by atoms with Crippen molar-refractivity contribution in [3.63, 3.8) is 0 Å².